The van der Waals surface area contributed by atoms with Gasteiger partial charge in [0.05, 0.1) is 17.7 Å². The Balaban J connectivity index is 1.12. The molecule has 0 bridgehead atoms. The predicted octanol–water partition coefficient (Wildman–Crippen LogP) is 4.92. The summed E-state index contributed by atoms with van der Waals surface area (Å²) in [7, 11) is -3.13. The van der Waals surface area contributed by atoms with Gasteiger partial charge in [0.2, 0.25) is 10.0 Å². The van der Waals surface area contributed by atoms with Crippen LogP contribution in [0.4, 0.5) is 19.0 Å². The molecule has 3 aliphatic rings. The van der Waals surface area contributed by atoms with Gasteiger partial charge in [-0.15, -0.1) is 0 Å². The molecule has 1 aromatic carbocycles. The minimum absolute atomic E-state index is 0.0873. The second-order valence-corrected chi connectivity index (χ2v) is 13.9. The van der Waals surface area contributed by atoms with E-state index in [0.717, 1.165) is 77.1 Å². The summed E-state index contributed by atoms with van der Waals surface area (Å²) < 4.78 is 65.5. The number of alkyl halides is 3. The van der Waals surface area contributed by atoms with Gasteiger partial charge in [-0.25, -0.2) is 23.1 Å². The number of rotatable bonds is 7. The second kappa shape index (κ2) is 11.5. The molecule has 39 heavy (non-hydrogen) atoms. The first-order valence-corrected chi connectivity index (χ1v) is 16.0. The van der Waals surface area contributed by atoms with Crippen molar-refractivity contribution in [1.29, 1.82) is 0 Å². The lowest BCUT2D eigenvalue weighted by Gasteiger charge is -2.48. The van der Waals surface area contributed by atoms with Gasteiger partial charge in [0.1, 0.15) is 12.1 Å². The fraction of sp³-hybridized carbons (Fsp3) is 0.714. The zero-order valence-corrected chi connectivity index (χ0v) is 23.5. The molecule has 1 spiro atoms. The average molecular weight is 568 g/mol. The van der Waals surface area contributed by atoms with Gasteiger partial charge in [-0.1, -0.05) is 6.07 Å². The summed E-state index contributed by atoms with van der Waals surface area (Å²) in [5, 5.41) is 0.697. The monoisotopic (exact) mass is 567 g/mol. The number of halogens is 3. The molecular formula is C28H40F3N5O2S. The molecule has 1 aliphatic carbocycles. The van der Waals surface area contributed by atoms with Crippen LogP contribution in [0.1, 0.15) is 63.9 Å². The highest BCUT2D eigenvalue weighted by Gasteiger charge is 2.39. The van der Waals surface area contributed by atoms with Gasteiger partial charge in [-0.05, 0) is 100 Å². The van der Waals surface area contributed by atoms with Crippen molar-refractivity contribution in [1.82, 2.24) is 19.6 Å². The van der Waals surface area contributed by atoms with E-state index in [4.69, 9.17) is 0 Å². The summed E-state index contributed by atoms with van der Waals surface area (Å²) >= 11 is 0. The maximum atomic E-state index is 13.0. The van der Waals surface area contributed by atoms with E-state index in [-0.39, 0.29) is 17.4 Å². The number of benzene rings is 1. The first-order chi connectivity index (χ1) is 18.5. The quantitative estimate of drug-likeness (QED) is 0.512. The number of likely N-dealkylation sites (tertiary alicyclic amines) is 1. The Labute approximate surface area is 229 Å². The van der Waals surface area contributed by atoms with Crippen LogP contribution in [0.5, 0.6) is 0 Å². The van der Waals surface area contributed by atoms with E-state index in [1.54, 1.807) is 19.1 Å². The van der Waals surface area contributed by atoms with Crippen molar-refractivity contribution in [3.05, 3.63) is 30.1 Å². The van der Waals surface area contributed by atoms with Crippen LogP contribution < -0.4 is 9.62 Å². The molecule has 0 radical (unpaired) electrons. The largest absolute Gasteiger partial charge is 0.393 e. The van der Waals surface area contributed by atoms with Crippen molar-refractivity contribution in [2.75, 3.05) is 43.4 Å². The number of piperidine rings is 2. The van der Waals surface area contributed by atoms with Crippen molar-refractivity contribution in [2.45, 2.75) is 76.9 Å². The van der Waals surface area contributed by atoms with E-state index in [1.165, 1.54) is 25.2 Å². The van der Waals surface area contributed by atoms with E-state index in [2.05, 4.69) is 24.5 Å². The normalized spacial score (nSPS) is 24.9. The zero-order chi connectivity index (χ0) is 27.7. The van der Waals surface area contributed by atoms with Gasteiger partial charge in [0.15, 0.2) is 0 Å². The fourth-order valence-corrected chi connectivity index (χ4v) is 7.66. The third-order valence-corrected chi connectivity index (χ3v) is 10.7. The van der Waals surface area contributed by atoms with Gasteiger partial charge in [0, 0.05) is 31.1 Å². The lowest BCUT2D eigenvalue weighted by molar-refractivity contribution is -0.127. The zero-order valence-electron chi connectivity index (χ0n) is 22.7. The molecule has 3 heterocycles. The van der Waals surface area contributed by atoms with Crippen molar-refractivity contribution >= 4 is 26.7 Å². The van der Waals surface area contributed by atoms with Crippen LogP contribution in [0.25, 0.3) is 10.9 Å². The number of nitrogens with one attached hydrogen (secondary N) is 1. The summed E-state index contributed by atoms with van der Waals surface area (Å²) in [6, 6.07) is 4.86. The Bertz CT molecular complexity index is 1230. The SMILES string of the molecule is CCS(=O)(=O)NC1CCC(CN2CCC3(CC2)CCN(c2ncnc4ccc(CC(F)(F)F)cc24)CC3)CC1. The molecular weight excluding hydrogens is 527 g/mol. The summed E-state index contributed by atoms with van der Waals surface area (Å²) in [5.41, 5.74) is 1.24. The van der Waals surface area contributed by atoms with E-state index < -0.39 is 22.6 Å². The summed E-state index contributed by atoms with van der Waals surface area (Å²) in [4.78, 5) is 13.6. The van der Waals surface area contributed by atoms with Crippen molar-refractivity contribution in [3.63, 3.8) is 0 Å². The maximum absolute atomic E-state index is 13.0. The second-order valence-electron chi connectivity index (χ2n) is 11.9. The highest BCUT2D eigenvalue weighted by atomic mass is 32.2. The molecule has 2 aliphatic heterocycles. The Kier molecular flexibility index (Phi) is 8.41. The van der Waals surface area contributed by atoms with Crippen LogP contribution in [-0.2, 0) is 16.4 Å². The van der Waals surface area contributed by atoms with Gasteiger partial charge in [-0.3, -0.25) is 0 Å². The molecule has 1 saturated carbocycles. The van der Waals surface area contributed by atoms with Crippen LogP contribution in [0.3, 0.4) is 0 Å². The Morgan fingerprint density at radius 2 is 1.67 bits per heavy atom. The minimum atomic E-state index is -4.25. The molecule has 2 saturated heterocycles. The summed E-state index contributed by atoms with van der Waals surface area (Å²) in [5.74, 6) is 1.52. The minimum Gasteiger partial charge on any atom is -0.356 e. The first-order valence-electron chi connectivity index (χ1n) is 14.3. The van der Waals surface area contributed by atoms with Crippen LogP contribution in [-0.4, -0.2) is 74.0 Å². The van der Waals surface area contributed by atoms with Crippen molar-refractivity contribution in [2.24, 2.45) is 11.3 Å². The molecule has 0 unspecified atom stereocenters. The molecule has 216 valence electrons. The molecule has 11 heteroatoms. The lowest BCUT2D eigenvalue weighted by Crippen LogP contribution is -2.48. The van der Waals surface area contributed by atoms with E-state index in [9.17, 15) is 21.6 Å². The van der Waals surface area contributed by atoms with Crippen molar-refractivity contribution < 1.29 is 21.6 Å². The number of sulfonamides is 1. The number of hydrogen-bond donors (Lipinski definition) is 1. The van der Waals surface area contributed by atoms with Gasteiger partial charge < -0.3 is 9.80 Å². The van der Waals surface area contributed by atoms with E-state index in [0.29, 0.717) is 22.2 Å². The molecule has 0 amide bonds. The Hall–Kier alpha value is -1.98. The van der Waals surface area contributed by atoms with Crippen LogP contribution in [0.15, 0.2) is 24.5 Å². The number of aromatic nitrogens is 2. The number of nitrogens with zero attached hydrogens (tertiary/aromatic N) is 4. The molecule has 2 aromatic rings. The highest BCUT2D eigenvalue weighted by molar-refractivity contribution is 7.89. The average Bonchev–Trinajstić information content (AvgIpc) is 2.90. The molecule has 1 N–H and O–H groups in total. The third-order valence-electron chi connectivity index (χ3n) is 9.21. The highest BCUT2D eigenvalue weighted by Crippen LogP contribution is 2.43. The maximum Gasteiger partial charge on any atom is 0.393 e. The van der Waals surface area contributed by atoms with Crippen LogP contribution in [0.2, 0.25) is 0 Å². The number of anilines is 1. The van der Waals surface area contributed by atoms with Gasteiger partial charge >= 0.3 is 6.18 Å². The smallest absolute Gasteiger partial charge is 0.356 e. The fourth-order valence-electron chi connectivity index (χ4n) is 6.75. The van der Waals surface area contributed by atoms with Gasteiger partial charge in [0.25, 0.3) is 0 Å². The van der Waals surface area contributed by atoms with Crippen molar-refractivity contribution in [3.8, 4) is 0 Å². The topological polar surface area (TPSA) is 78.4 Å². The standard InChI is InChI=1S/C28H40F3N5O2S/c1-2-39(37,38)34-23-6-3-21(4-7-23)19-35-13-9-27(10-14-35)11-15-36(16-12-27)26-24-17-22(18-28(29,30)31)5-8-25(24)32-20-33-26/h5,8,17,20-21,23,34H,2-4,6-7,9-16,18-19H2,1H3. The summed E-state index contributed by atoms with van der Waals surface area (Å²) in [6.07, 6.45) is 4.79. The predicted molar refractivity (Wildman–Crippen MR) is 147 cm³/mol. The molecule has 3 fully saturated rings. The third kappa shape index (κ3) is 7.21. The molecule has 5 rings (SSSR count). The Morgan fingerprint density at radius 3 is 2.31 bits per heavy atom. The summed E-state index contributed by atoms with van der Waals surface area (Å²) in [6.45, 7) is 6.68. The molecule has 0 atom stereocenters. The number of hydrogen-bond acceptors (Lipinski definition) is 6. The van der Waals surface area contributed by atoms with E-state index in [1.807, 2.05) is 0 Å². The molecule has 7 nitrogen and oxygen atoms in total. The Morgan fingerprint density at radius 1 is 1.00 bits per heavy atom. The molecule has 1 aromatic heterocycles. The van der Waals surface area contributed by atoms with E-state index >= 15 is 0 Å². The number of fused-ring (bicyclic) bond motifs is 1. The lowest BCUT2D eigenvalue weighted by atomic mass is 9.71. The van der Waals surface area contributed by atoms with Gasteiger partial charge in [-0.2, -0.15) is 13.2 Å². The first kappa shape index (κ1) is 28.5. The van der Waals surface area contributed by atoms with Crippen LogP contribution >= 0.6 is 0 Å². The van der Waals surface area contributed by atoms with Crippen LogP contribution in [0, 0.1) is 11.3 Å².